The lowest BCUT2D eigenvalue weighted by molar-refractivity contribution is -0.0498. The minimum atomic E-state index is -2.84. The van der Waals surface area contributed by atoms with Crippen molar-refractivity contribution in [3.8, 4) is 17.1 Å². The summed E-state index contributed by atoms with van der Waals surface area (Å²) in [4.78, 5) is 3.77. The number of benzene rings is 1. The number of nitrogens with zero attached hydrogens (tertiary/aromatic N) is 2. The molecule has 84 valence electrons. The maximum atomic E-state index is 11.9. The highest BCUT2D eigenvalue weighted by Gasteiger charge is 2.08. The molecule has 7 heteroatoms. The second-order valence-electron chi connectivity index (χ2n) is 2.77. The Bertz CT molecular complexity index is 473. The average molecular weight is 247 g/mol. The summed E-state index contributed by atoms with van der Waals surface area (Å²) in [6.07, 6.45) is 0. The van der Waals surface area contributed by atoms with Crippen molar-refractivity contribution < 1.29 is 18.0 Å². The normalized spacial score (nSPS) is 10.8. The number of alkyl halides is 2. The van der Waals surface area contributed by atoms with Gasteiger partial charge < -0.3 is 9.26 Å². The number of halogens is 3. The summed E-state index contributed by atoms with van der Waals surface area (Å²) in [5.41, 5.74) is 0.595. The zero-order valence-electron chi connectivity index (χ0n) is 7.73. The molecule has 0 radical (unpaired) electrons. The maximum Gasteiger partial charge on any atom is 0.387 e. The fraction of sp³-hybridized carbons (Fsp3) is 0.111. The second-order valence-corrected chi connectivity index (χ2v) is 3.10. The zero-order valence-corrected chi connectivity index (χ0v) is 8.49. The molecule has 0 saturated heterocycles. The summed E-state index contributed by atoms with van der Waals surface area (Å²) < 4.78 is 32.5. The van der Waals surface area contributed by atoms with Gasteiger partial charge in [0.05, 0.1) is 0 Å². The average Bonchev–Trinajstić information content (AvgIpc) is 2.65. The van der Waals surface area contributed by atoms with E-state index < -0.39 is 6.61 Å². The van der Waals surface area contributed by atoms with Gasteiger partial charge >= 0.3 is 12.0 Å². The SMILES string of the molecule is FC(F)Oc1ccc(-c2noc(Cl)n2)cc1. The molecule has 2 rings (SSSR count). The van der Waals surface area contributed by atoms with Gasteiger partial charge in [-0.05, 0) is 35.9 Å². The summed E-state index contributed by atoms with van der Waals surface area (Å²) >= 11 is 5.45. The first-order chi connectivity index (χ1) is 7.65. The standard InChI is InChI=1S/C9H5ClF2N2O2/c10-8-13-7(14-16-8)5-1-3-6(4-2-5)15-9(11)12/h1-4,9H. The van der Waals surface area contributed by atoms with E-state index in [0.29, 0.717) is 5.56 Å². The van der Waals surface area contributed by atoms with Gasteiger partial charge in [-0.3, -0.25) is 0 Å². The lowest BCUT2D eigenvalue weighted by Gasteiger charge is -2.03. The van der Waals surface area contributed by atoms with Crippen LogP contribution in [0, 0.1) is 0 Å². The van der Waals surface area contributed by atoms with Crippen molar-refractivity contribution in [3.63, 3.8) is 0 Å². The Morgan fingerprint density at radius 2 is 1.94 bits per heavy atom. The Morgan fingerprint density at radius 3 is 2.44 bits per heavy atom. The van der Waals surface area contributed by atoms with Crippen molar-refractivity contribution in [2.45, 2.75) is 6.61 Å². The van der Waals surface area contributed by atoms with Crippen LogP contribution < -0.4 is 4.74 Å². The molecule has 0 spiro atoms. The molecular formula is C9H5ClF2N2O2. The Kier molecular flexibility index (Phi) is 3.00. The fourth-order valence-electron chi connectivity index (χ4n) is 1.11. The van der Waals surface area contributed by atoms with Gasteiger partial charge in [0.1, 0.15) is 5.75 Å². The fourth-order valence-corrected chi connectivity index (χ4v) is 1.22. The van der Waals surface area contributed by atoms with Gasteiger partial charge in [-0.2, -0.15) is 13.8 Å². The molecule has 1 aromatic carbocycles. The molecule has 2 aromatic rings. The van der Waals surface area contributed by atoms with Gasteiger partial charge in [0.15, 0.2) is 0 Å². The van der Waals surface area contributed by atoms with Crippen molar-refractivity contribution in [2.24, 2.45) is 0 Å². The number of hydrogen-bond donors (Lipinski definition) is 0. The molecule has 0 atom stereocenters. The molecule has 0 aliphatic heterocycles. The first kappa shape index (κ1) is 10.8. The van der Waals surface area contributed by atoms with Crippen molar-refractivity contribution in [1.29, 1.82) is 0 Å². The van der Waals surface area contributed by atoms with Crippen LogP contribution in [0.25, 0.3) is 11.4 Å². The topological polar surface area (TPSA) is 48.2 Å². The summed E-state index contributed by atoms with van der Waals surface area (Å²) in [5, 5.41) is 3.49. The Hall–Kier alpha value is -1.69. The number of ether oxygens (including phenoxy) is 1. The molecule has 0 N–H and O–H groups in total. The van der Waals surface area contributed by atoms with Gasteiger partial charge in [0.25, 0.3) is 0 Å². The first-order valence-electron chi connectivity index (χ1n) is 4.19. The molecule has 4 nitrogen and oxygen atoms in total. The molecule has 0 unspecified atom stereocenters. The highest BCUT2D eigenvalue weighted by Crippen LogP contribution is 2.21. The summed E-state index contributed by atoms with van der Waals surface area (Å²) in [6.45, 7) is -2.84. The number of rotatable bonds is 3. The predicted molar refractivity (Wildman–Crippen MR) is 51.4 cm³/mol. The maximum absolute atomic E-state index is 11.9. The third kappa shape index (κ3) is 2.46. The molecular weight excluding hydrogens is 242 g/mol. The monoisotopic (exact) mass is 246 g/mol. The molecule has 0 aliphatic carbocycles. The molecule has 0 saturated carbocycles. The van der Waals surface area contributed by atoms with Crippen LogP contribution in [-0.4, -0.2) is 16.8 Å². The van der Waals surface area contributed by atoms with E-state index in [1.807, 2.05) is 0 Å². The van der Waals surface area contributed by atoms with Crippen LogP contribution in [0.1, 0.15) is 0 Å². The molecule has 1 aromatic heterocycles. The quantitative estimate of drug-likeness (QED) is 0.835. The van der Waals surface area contributed by atoms with Crippen molar-refractivity contribution in [3.05, 3.63) is 29.6 Å². The van der Waals surface area contributed by atoms with Crippen LogP contribution in [0.2, 0.25) is 5.35 Å². The van der Waals surface area contributed by atoms with Gasteiger partial charge in [0.2, 0.25) is 5.82 Å². The van der Waals surface area contributed by atoms with Gasteiger partial charge in [0, 0.05) is 5.56 Å². The van der Waals surface area contributed by atoms with E-state index in [-0.39, 0.29) is 16.9 Å². The highest BCUT2D eigenvalue weighted by molar-refractivity contribution is 6.27. The lowest BCUT2D eigenvalue weighted by atomic mass is 10.2. The third-order valence-corrected chi connectivity index (χ3v) is 1.89. The third-order valence-electron chi connectivity index (χ3n) is 1.74. The molecule has 16 heavy (non-hydrogen) atoms. The van der Waals surface area contributed by atoms with Crippen molar-refractivity contribution in [2.75, 3.05) is 0 Å². The number of hydrogen-bond acceptors (Lipinski definition) is 4. The molecule has 0 fully saturated rings. The summed E-state index contributed by atoms with van der Waals surface area (Å²) in [5.74, 6) is 0.349. The van der Waals surface area contributed by atoms with Crippen LogP contribution in [-0.2, 0) is 0 Å². The predicted octanol–water partition coefficient (Wildman–Crippen LogP) is 2.99. The second kappa shape index (κ2) is 4.44. The van der Waals surface area contributed by atoms with Crippen LogP contribution >= 0.6 is 11.6 Å². The Balaban J connectivity index is 2.19. The van der Waals surface area contributed by atoms with E-state index in [0.717, 1.165) is 0 Å². The first-order valence-corrected chi connectivity index (χ1v) is 4.57. The van der Waals surface area contributed by atoms with E-state index in [1.54, 1.807) is 0 Å². The molecule has 0 aliphatic rings. The largest absolute Gasteiger partial charge is 0.435 e. The smallest absolute Gasteiger partial charge is 0.387 e. The minimum absolute atomic E-state index is 0.0633. The minimum Gasteiger partial charge on any atom is -0.435 e. The summed E-state index contributed by atoms with van der Waals surface area (Å²) in [6, 6.07) is 5.81. The van der Waals surface area contributed by atoms with Crippen LogP contribution in [0.4, 0.5) is 8.78 Å². The number of aromatic nitrogens is 2. The van der Waals surface area contributed by atoms with Crippen molar-refractivity contribution in [1.82, 2.24) is 10.1 Å². The Morgan fingerprint density at radius 1 is 1.25 bits per heavy atom. The Labute approximate surface area is 93.8 Å². The van der Waals surface area contributed by atoms with Gasteiger partial charge in [-0.25, -0.2) is 0 Å². The molecule has 0 amide bonds. The van der Waals surface area contributed by atoms with E-state index >= 15 is 0 Å². The molecule has 1 heterocycles. The van der Waals surface area contributed by atoms with Crippen LogP contribution in [0.3, 0.4) is 0 Å². The van der Waals surface area contributed by atoms with E-state index in [4.69, 9.17) is 11.6 Å². The summed E-state index contributed by atoms with van der Waals surface area (Å²) in [7, 11) is 0. The van der Waals surface area contributed by atoms with Gasteiger partial charge in [-0.15, -0.1) is 0 Å². The van der Waals surface area contributed by atoms with Crippen LogP contribution in [0.5, 0.6) is 5.75 Å². The van der Waals surface area contributed by atoms with E-state index in [1.165, 1.54) is 24.3 Å². The van der Waals surface area contributed by atoms with Crippen LogP contribution in [0.15, 0.2) is 28.8 Å². The highest BCUT2D eigenvalue weighted by atomic mass is 35.5. The molecule has 0 bridgehead atoms. The lowest BCUT2D eigenvalue weighted by Crippen LogP contribution is -2.01. The van der Waals surface area contributed by atoms with Gasteiger partial charge in [-0.1, -0.05) is 5.16 Å². The zero-order chi connectivity index (χ0) is 11.5. The van der Waals surface area contributed by atoms with E-state index in [2.05, 4.69) is 19.4 Å². The van der Waals surface area contributed by atoms with E-state index in [9.17, 15) is 8.78 Å². The van der Waals surface area contributed by atoms with Crippen molar-refractivity contribution >= 4 is 11.6 Å².